The summed E-state index contributed by atoms with van der Waals surface area (Å²) in [5.41, 5.74) is 2.06. The highest BCUT2D eigenvalue weighted by Gasteiger charge is 2.36. The lowest BCUT2D eigenvalue weighted by Gasteiger charge is -2.36. The lowest BCUT2D eigenvalue weighted by atomic mass is 9.83. The zero-order valence-electron chi connectivity index (χ0n) is 16.5. The van der Waals surface area contributed by atoms with E-state index in [0.29, 0.717) is 37.5 Å². The van der Waals surface area contributed by atoms with Crippen LogP contribution in [0.1, 0.15) is 32.3 Å². The number of carbonyl (C=O) groups is 2. The van der Waals surface area contributed by atoms with Gasteiger partial charge in [-0.3, -0.25) is 9.59 Å². The van der Waals surface area contributed by atoms with Crippen molar-refractivity contribution in [3.8, 4) is 5.75 Å². The molecule has 150 valence electrons. The number of ether oxygens (including phenoxy) is 1. The number of anilines is 1. The lowest BCUT2D eigenvalue weighted by molar-refractivity contribution is -0.142. The van der Waals surface area contributed by atoms with Crippen LogP contribution < -0.4 is 10.1 Å². The van der Waals surface area contributed by atoms with Crippen LogP contribution in [0, 0.1) is 11.3 Å². The van der Waals surface area contributed by atoms with Crippen molar-refractivity contribution >= 4 is 28.3 Å². The van der Waals surface area contributed by atoms with Gasteiger partial charge < -0.3 is 15.0 Å². The van der Waals surface area contributed by atoms with Crippen LogP contribution in [0.15, 0.2) is 29.8 Å². The fourth-order valence-corrected chi connectivity index (χ4v) is 4.06. The van der Waals surface area contributed by atoms with Crippen LogP contribution in [0.4, 0.5) is 5.13 Å². The average molecular weight is 403 g/mol. The standard InChI is InChI=1S/C20H26N4O3S/c1-20(2,12-15-6-4-5-7-16(15)27-3)18(26)24-10-8-14(9-11-24)17(25)22-19-23-21-13-28-19/h4-7,13-14H,8-12H2,1-3H3,(H,22,23,25). The van der Waals surface area contributed by atoms with E-state index in [1.807, 2.05) is 43.0 Å². The van der Waals surface area contributed by atoms with E-state index in [0.717, 1.165) is 11.3 Å². The van der Waals surface area contributed by atoms with Gasteiger partial charge >= 0.3 is 0 Å². The summed E-state index contributed by atoms with van der Waals surface area (Å²) in [4.78, 5) is 27.4. The molecule has 0 unspecified atom stereocenters. The molecule has 7 nitrogen and oxygen atoms in total. The third-order valence-corrected chi connectivity index (χ3v) is 5.75. The van der Waals surface area contributed by atoms with Crippen molar-refractivity contribution in [1.82, 2.24) is 15.1 Å². The Morgan fingerprint density at radius 3 is 2.64 bits per heavy atom. The molecule has 8 heteroatoms. The topological polar surface area (TPSA) is 84.4 Å². The SMILES string of the molecule is COc1ccccc1CC(C)(C)C(=O)N1CCC(C(=O)Nc2nncs2)CC1. The van der Waals surface area contributed by atoms with Crippen molar-refractivity contribution in [2.45, 2.75) is 33.1 Å². The van der Waals surface area contributed by atoms with Crippen molar-refractivity contribution in [3.63, 3.8) is 0 Å². The summed E-state index contributed by atoms with van der Waals surface area (Å²) >= 11 is 1.30. The van der Waals surface area contributed by atoms with E-state index >= 15 is 0 Å². The van der Waals surface area contributed by atoms with Gasteiger partial charge in [0.05, 0.1) is 7.11 Å². The van der Waals surface area contributed by atoms with Crippen LogP contribution in [-0.2, 0) is 16.0 Å². The van der Waals surface area contributed by atoms with Gasteiger partial charge in [-0.1, -0.05) is 43.4 Å². The van der Waals surface area contributed by atoms with Crippen molar-refractivity contribution < 1.29 is 14.3 Å². The molecule has 3 rings (SSSR count). The highest BCUT2D eigenvalue weighted by atomic mass is 32.1. The number of carbonyl (C=O) groups excluding carboxylic acids is 2. The summed E-state index contributed by atoms with van der Waals surface area (Å²) in [5.74, 6) is 0.763. The first-order chi connectivity index (χ1) is 13.4. The van der Waals surface area contributed by atoms with E-state index in [-0.39, 0.29) is 17.7 Å². The van der Waals surface area contributed by atoms with Crippen molar-refractivity contribution in [2.24, 2.45) is 11.3 Å². The van der Waals surface area contributed by atoms with E-state index in [1.54, 1.807) is 12.6 Å². The minimum absolute atomic E-state index is 0.0443. The number of aromatic nitrogens is 2. The first-order valence-corrected chi connectivity index (χ1v) is 10.3. The third kappa shape index (κ3) is 4.67. The van der Waals surface area contributed by atoms with Gasteiger partial charge in [-0.2, -0.15) is 0 Å². The molecule has 0 saturated carbocycles. The Hall–Kier alpha value is -2.48. The smallest absolute Gasteiger partial charge is 0.229 e. The highest BCUT2D eigenvalue weighted by molar-refractivity contribution is 7.13. The van der Waals surface area contributed by atoms with Crippen LogP contribution in [0.5, 0.6) is 5.75 Å². The van der Waals surface area contributed by atoms with Crippen LogP contribution in [-0.4, -0.2) is 47.1 Å². The molecule has 1 aliphatic heterocycles. The molecule has 0 radical (unpaired) electrons. The summed E-state index contributed by atoms with van der Waals surface area (Å²) < 4.78 is 5.42. The Labute approximate surface area is 169 Å². The summed E-state index contributed by atoms with van der Waals surface area (Å²) in [5, 5.41) is 10.9. The number of nitrogens with zero attached hydrogens (tertiary/aromatic N) is 3. The zero-order chi connectivity index (χ0) is 20.1. The first-order valence-electron chi connectivity index (χ1n) is 9.39. The third-order valence-electron chi connectivity index (χ3n) is 5.15. The maximum absolute atomic E-state index is 13.1. The number of rotatable bonds is 6. The molecule has 1 aromatic carbocycles. The fraction of sp³-hybridized carbons (Fsp3) is 0.500. The quantitative estimate of drug-likeness (QED) is 0.803. The maximum Gasteiger partial charge on any atom is 0.229 e. The number of amides is 2. The number of hydrogen-bond donors (Lipinski definition) is 1. The number of methoxy groups -OCH3 is 1. The Balaban J connectivity index is 1.57. The molecule has 0 aliphatic carbocycles. The van der Waals surface area contributed by atoms with Gasteiger partial charge in [-0.15, -0.1) is 10.2 Å². The monoisotopic (exact) mass is 402 g/mol. The van der Waals surface area contributed by atoms with Crippen LogP contribution >= 0.6 is 11.3 Å². The number of nitrogens with one attached hydrogen (secondary N) is 1. The molecule has 1 N–H and O–H groups in total. The molecule has 0 bridgehead atoms. The Bertz CT molecular complexity index is 815. The molecular formula is C20H26N4O3S. The van der Waals surface area contributed by atoms with Gasteiger partial charge in [0.1, 0.15) is 11.3 Å². The second-order valence-corrected chi connectivity index (χ2v) is 8.51. The van der Waals surface area contributed by atoms with Gasteiger partial charge in [-0.05, 0) is 30.9 Å². The Kier molecular flexibility index (Phi) is 6.28. The molecule has 0 spiro atoms. The minimum Gasteiger partial charge on any atom is -0.496 e. The molecule has 2 amide bonds. The van der Waals surface area contributed by atoms with E-state index in [1.165, 1.54) is 11.3 Å². The molecule has 2 aromatic rings. The van der Waals surface area contributed by atoms with Crippen LogP contribution in [0.25, 0.3) is 0 Å². The fourth-order valence-electron chi connectivity index (χ4n) is 3.61. The van der Waals surface area contributed by atoms with E-state index in [2.05, 4.69) is 15.5 Å². The molecule has 28 heavy (non-hydrogen) atoms. The number of hydrogen-bond acceptors (Lipinski definition) is 6. The number of benzene rings is 1. The highest BCUT2D eigenvalue weighted by Crippen LogP contribution is 2.31. The second-order valence-electron chi connectivity index (χ2n) is 7.67. The summed E-state index contributed by atoms with van der Waals surface area (Å²) in [6, 6.07) is 7.80. The molecular weight excluding hydrogens is 376 g/mol. The molecule has 1 aliphatic rings. The van der Waals surface area contributed by atoms with Crippen molar-refractivity contribution in [3.05, 3.63) is 35.3 Å². The lowest BCUT2D eigenvalue weighted by Crippen LogP contribution is -2.47. The van der Waals surface area contributed by atoms with Gasteiger partial charge in [0.25, 0.3) is 0 Å². The predicted molar refractivity (Wildman–Crippen MR) is 108 cm³/mol. The first kappa shape index (κ1) is 20.3. The van der Waals surface area contributed by atoms with Gasteiger partial charge in [0.15, 0.2) is 0 Å². The Morgan fingerprint density at radius 1 is 1.29 bits per heavy atom. The van der Waals surface area contributed by atoms with Crippen molar-refractivity contribution in [1.29, 1.82) is 0 Å². The maximum atomic E-state index is 13.1. The predicted octanol–water partition coefficient (Wildman–Crippen LogP) is 2.99. The summed E-state index contributed by atoms with van der Waals surface area (Å²) in [6.07, 6.45) is 1.91. The normalized spacial score (nSPS) is 15.3. The van der Waals surface area contributed by atoms with Crippen LogP contribution in [0.3, 0.4) is 0 Å². The van der Waals surface area contributed by atoms with Crippen molar-refractivity contribution in [2.75, 3.05) is 25.5 Å². The zero-order valence-corrected chi connectivity index (χ0v) is 17.3. The van der Waals surface area contributed by atoms with Gasteiger partial charge in [-0.25, -0.2) is 0 Å². The average Bonchev–Trinajstić information content (AvgIpc) is 3.20. The van der Waals surface area contributed by atoms with Crippen LogP contribution in [0.2, 0.25) is 0 Å². The molecule has 0 atom stereocenters. The van der Waals surface area contributed by atoms with Gasteiger partial charge in [0, 0.05) is 24.4 Å². The molecule has 2 heterocycles. The number of para-hydroxylation sites is 1. The summed E-state index contributed by atoms with van der Waals surface area (Å²) in [7, 11) is 1.64. The van der Waals surface area contributed by atoms with E-state index in [4.69, 9.17) is 4.74 Å². The van der Waals surface area contributed by atoms with E-state index < -0.39 is 5.41 Å². The molecule has 1 saturated heterocycles. The molecule has 1 fully saturated rings. The van der Waals surface area contributed by atoms with Gasteiger partial charge in [0.2, 0.25) is 16.9 Å². The number of likely N-dealkylation sites (tertiary alicyclic amines) is 1. The largest absolute Gasteiger partial charge is 0.496 e. The molecule has 1 aromatic heterocycles. The Morgan fingerprint density at radius 2 is 2.00 bits per heavy atom. The summed E-state index contributed by atoms with van der Waals surface area (Å²) in [6.45, 7) is 5.11. The van der Waals surface area contributed by atoms with E-state index in [9.17, 15) is 9.59 Å². The minimum atomic E-state index is -0.545. The second kappa shape index (κ2) is 8.68. The number of piperidine rings is 1.